The average Bonchev–Trinajstić information content (AvgIpc) is 2.90. The molecule has 0 spiro atoms. The van der Waals surface area contributed by atoms with E-state index in [2.05, 4.69) is 53.9 Å². The van der Waals surface area contributed by atoms with Crippen LogP contribution in [0.15, 0.2) is 53.2 Å². The Bertz CT molecular complexity index is 1040. The summed E-state index contributed by atoms with van der Waals surface area (Å²) in [5.74, 6) is 0. The van der Waals surface area contributed by atoms with Gasteiger partial charge in [0.05, 0.1) is 13.8 Å². The van der Waals surface area contributed by atoms with Crippen molar-refractivity contribution in [1.82, 2.24) is 9.97 Å². The molecule has 3 nitrogen and oxygen atoms in total. The van der Waals surface area contributed by atoms with Crippen LogP contribution in [0.2, 0.25) is 19.6 Å². The highest BCUT2D eigenvalue weighted by Crippen LogP contribution is 2.31. The smallest absolute Gasteiger partial charge is 0.138 e. The van der Waals surface area contributed by atoms with Crippen molar-refractivity contribution in [3.8, 4) is 11.3 Å². The third-order valence-corrected chi connectivity index (χ3v) is 6.45. The summed E-state index contributed by atoms with van der Waals surface area (Å²) in [6.07, 6.45) is 3.92. The Labute approximate surface area is 142 Å². The topological polar surface area (TPSA) is 38.9 Å². The summed E-state index contributed by atoms with van der Waals surface area (Å²) in [4.78, 5) is 9.09. The van der Waals surface area contributed by atoms with Crippen LogP contribution in [-0.4, -0.2) is 18.0 Å². The Morgan fingerprint density at radius 1 is 0.833 bits per heavy atom. The van der Waals surface area contributed by atoms with Gasteiger partial charge in [0.15, 0.2) is 0 Å². The van der Waals surface area contributed by atoms with Gasteiger partial charge < -0.3 is 4.42 Å². The standard InChI is InChI=1S/C20H20N2OSi/c1-13-9-20-17(12-21-13)16-10-14(5-8-19(16)23-20)18-7-6-15(11-22-18)24(2,3)4/h5-12H,1-4H3. The van der Waals surface area contributed by atoms with E-state index >= 15 is 0 Å². The first-order valence-electron chi connectivity index (χ1n) is 8.18. The lowest BCUT2D eigenvalue weighted by atomic mass is 10.1. The number of benzene rings is 1. The van der Waals surface area contributed by atoms with E-state index in [0.717, 1.165) is 38.9 Å². The maximum atomic E-state index is 5.93. The van der Waals surface area contributed by atoms with E-state index in [1.807, 2.05) is 31.5 Å². The molecule has 3 aromatic heterocycles. The second kappa shape index (κ2) is 5.28. The molecule has 4 heteroatoms. The molecule has 0 saturated heterocycles. The number of aryl methyl sites for hydroxylation is 1. The van der Waals surface area contributed by atoms with Gasteiger partial charge in [-0.1, -0.05) is 25.7 Å². The molecule has 0 unspecified atom stereocenters. The number of hydrogen-bond donors (Lipinski definition) is 0. The SMILES string of the molecule is Cc1cc2oc3ccc(-c4ccc([Si](C)(C)C)cn4)cc3c2cn1. The van der Waals surface area contributed by atoms with Crippen LogP contribution < -0.4 is 5.19 Å². The lowest BCUT2D eigenvalue weighted by Crippen LogP contribution is -2.37. The first-order chi connectivity index (χ1) is 11.4. The van der Waals surface area contributed by atoms with Crippen LogP contribution in [0.3, 0.4) is 0 Å². The number of rotatable bonds is 2. The third kappa shape index (κ3) is 2.53. The number of furan rings is 1. The molecule has 24 heavy (non-hydrogen) atoms. The van der Waals surface area contributed by atoms with Gasteiger partial charge >= 0.3 is 0 Å². The summed E-state index contributed by atoms with van der Waals surface area (Å²) < 4.78 is 5.93. The van der Waals surface area contributed by atoms with Crippen LogP contribution in [0.1, 0.15) is 5.69 Å². The summed E-state index contributed by atoms with van der Waals surface area (Å²) in [5, 5.41) is 3.52. The van der Waals surface area contributed by atoms with Crippen molar-refractivity contribution in [3.05, 3.63) is 54.5 Å². The van der Waals surface area contributed by atoms with Gasteiger partial charge in [0.25, 0.3) is 0 Å². The third-order valence-electron chi connectivity index (χ3n) is 4.42. The zero-order valence-electron chi connectivity index (χ0n) is 14.4. The Kier molecular flexibility index (Phi) is 3.32. The van der Waals surface area contributed by atoms with Gasteiger partial charge in [-0.15, -0.1) is 0 Å². The molecule has 0 radical (unpaired) electrons. The van der Waals surface area contributed by atoms with Crippen LogP contribution >= 0.6 is 0 Å². The van der Waals surface area contributed by atoms with Crippen molar-refractivity contribution in [1.29, 1.82) is 0 Å². The molecular formula is C20H20N2OSi. The molecular weight excluding hydrogens is 312 g/mol. The first-order valence-corrected chi connectivity index (χ1v) is 11.7. The van der Waals surface area contributed by atoms with Crippen molar-refractivity contribution < 1.29 is 4.42 Å². The van der Waals surface area contributed by atoms with Gasteiger partial charge in [-0.05, 0) is 36.4 Å². The van der Waals surface area contributed by atoms with E-state index in [0.29, 0.717) is 0 Å². The molecule has 3 heterocycles. The second-order valence-corrected chi connectivity index (χ2v) is 12.4. The number of nitrogens with zero attached hydrogens (tertiary/aromatic N) is 2. The quantitative estimate of drug-likeness (QED) is 0.490. The van der Waals surface area contributed by atoms with Gasteiger partial charge in [-0.25, -0.2) is 0 Å². The minimum Gasteiger partial charge on any atom is -0.456 e. The van der Waals surface area contributed by atoms with E-state index in [9.17, 15) is 0 Å². The van der Waals surface area contributed by atoms with Crippen molar-refractivity contribution in [2.45, 2.75) is 26.6 Å². The van der Waals surface area contributed by atoms with Gasteiger partial charge in [0, 0.05) is 40.5 Å². The molecule has 0 aliphatic rings. The minimum atomic E-state index is -1.32. The summed E-state index contributed by atoms with van der Waals surface area (Å²) in [5.41, 5.74) is 4.84. The van der Waals surface area contributed by atoms with Crippen molar-refractivity contribution in [3.63, 3.8) is 0 Å². The van der Waals surface area contributed by atoms with Gasteiger partial charge in [-0.3, -0.25) is 9.97 Å². The van der Waals surface area contributed by atoms with Crippen LogP contribution in [0.4, 0.5) is 0 Å². The predicted molar refractivity (Wildman–Crippen MR) is 102 cm³/mol. The van der Waals surface area contributed by atoms with Crippen LogP contribution in [-0.2, 0) is 0 Å². The molecule has 0 aliphatic carbocycles. The lowest BCUT2D eigenvalue weighted by molar-refractivity contribution is 0.668. The normalized spacial score (nSPS) is 12.2. The Balaban J connectivity index is 1.84. The molecule has 120 valence electrons. The van der Waals surface area contributed by atoms with E-state index in [-0.39, 0.29) is 0 Å². The van der Waals surface area contributed by atoms with Crippen LogP contribution in [0, 0.1) is 6.92 Å². The molecule has 1 aromatic carbocycles. The number of fused-ring (bicyclic) bond motifs is 3. The first kappa shape index (κ1) is 15.1. The van der Waals surface area contributed by atoms with Crippen molar-refractivity contribution in [2.24, 2.45) is 0 Å². The van der Waals surface area contributed by atoms with E-state index < -0.39 is 8.07 Å². The monoisotopic (exact) mass is 332 g/mol. The van der Waals surface area contributed by atoms with Crippen molar-refractivity contribution >= 4 is 35.2 Å². The van der Waals surface area contributed by atoms with Gasteiger partial charge in [0.1, 0.15) is 11.2 Å². The second-order valence-electron chi connectivity index (χ2n) is 7.32. The molecule has 0 bridgehead atoms. The van der Waals surface area contributed by atoms with Crippen LogP contribution in [0.25, 0.3) is 33.2 Å². The Morgan fingerprint density at radius 2 is 1.67 bits per heavy atom. The fourth-order valence-electron chi connectivity index (χ4n) is 2.94. The predicted octanol–water partition coefficient (Wildman–Crippen LogP) is 4.90. The van der Waals surface area contributed by atoms with E-state index in [1.54, 1.807) is 0 Å². The van der Waals surface area contributed by atoms with Crippen LogP contribution in [0.5, 0.6) is 0 Å². The van der Waals surface area contributed by atoms with Crippen molar-refractivity contribution in [2.75, 3.05) is 0 Å². The average molecular weight is 332 g/mol. The lowest BCUT2D eigenvalue weighted by Gasteiger charge is -2.16. The minimum absolute atomic E-state index is 0.886. The summed E-state index contributed by atoms with van der Waals surface area (Å²) >= 11 is 0. The van der Waals surface area contributed by atoms with Gasteiger partial charge in [0.2, 0.25) is 0 Å². The van der Waals surface area contributed by atoms with Gasteiger partial charge in [-0.2, -0.15) is 0 Å². The maximum Gasteiger partial charge on any atom is 0.138 e. The zero-order valence-corrected chi connectivity index (χ0v) is 15.4. The highest BCUT2D eigenvalue weighted by Gasteiger charge is 2.17. The number of hydrogen-bond acceptors (Lipinski definition) is 3. The molecule has 0 fully saturated rings. The summed E-state index contributed by atoms with van der Waals surface area (Å²) in [6.45, 7) is 8.98. The van der Waals surface area contributed by atoms with E-state index in [4.69, 9.17) is 4.42 Å². The zero-order chi connectivity index (χ0) is 16.9. The number of pyridine rings is 2. The Hall–Kier alpha value is -2.46. The molecule has 4 rings (SSSR count). The highest BCUT2D eigenvalue weighted by molar-refractivity contribution is 6.88. The van der Waals surface area contributed by atoms with E-state index in [1.165, 1.54) is 5.19 Å². The molecule has 0 N–H and O–H groups in total. The Morgan fingerprint density at radius 3 is 2.38 bits per heavy atom. The molecule has 0 amide bonds. The summed E-state index contributed by atoms with van der Waals surface area (Å²) in [6, 6.07) is 12.6. The number of aromatic nitrogens is 2. The molecule has 4 aromatic rings. The fraction of sp³-hybridized carbons (Fsp3) is 0.200. The molecule has 0 saturated carbocycles. The molecule has 0 aliphatic heterocycles. The highest BCUT2D eigenvalue weighted by atomic mass is 28.3. The maximum absolute atomic E-state index is 5.93. The fourth-order valence-corrected chi connectivity index (χ4v) is 3.97. The largest absolute Gasteiger partial charge is 0.456 e. The molecule has 0 atom stereocenters. The summed E-state index contributed by atoms with van der Waals surface area (Å²) in [7, 11) is -1.32.